The van der Waals surface area contributed by atoms with Crippen molar-refractivity contribution in [2.45, 2.75) is 24.8 Å². The van der Waals surface area contributed by atoms with E-state index < -0.39 is 14.3 Å². The Bertz CT molecular complexity index is 714. The van der Waals surface area contributed by atoms with Crippen LogP contribution in [0.5, 0.6) is 0 Å². The highest BCUT2D eigenvalue weighted by Gasteiger charge is 2.47. The lowest BCUT2D eigenvalue weighted by atomic mass is 10.1. The molecule has 1 aliphatic carbocycles. The third kappa shape index (κ3) is 3.61. The minimum absolute atomic E-state index is 0.0798. The molecule has 2 nitrogen and oxygen atoms in total. The van der Waals surface area contributed by atoms with Gasteiger partial charge in [-0.15, -0.1) is 0 Å². The molecule has 2 aromatic rings. The number of halogens is 2. The second kappa shape index (κ2) is 6.96. The van der Waals surface area contributed by atoms with Gasteiger partial charge in [0.25, 0.3) is 0 Å². The van der Waals surface area contributed by atoms with Crippen molar-refractivity contribution in [3.8, 4) is 0 Å². The molecule has 0 radical (unpaired) electrons. The highest BCUT2D eigenvalue weighted by molar-refractivity contribution is 6.82. The highest BCUT2D eigenvalue weighted by Crippen LogP contribution is 2.36. The van der Waals surface area contributed by atoms with Gasteiger partial charge < -0.3 is 0 Å². The van der Waals surface area contributed by atoms with Crippen LogP contribution in [0.3, 0.4) is 0 Å². The molecule has 0 spiro atoms. The molecule has 5 heteroatoms. The molecular formula is C18H18F2N2Si. The summed E-state index contributed by atoms with van der Waals surface area (Å²) in [6, 6.07) is 15.7. The van der Waals surface area contributed by atoms with Crippen LogP contribution in [0.1, 0.15) is 19.3 Å². The molecule has 1 unspecified atom stereocenters. The molecule has 0 saturated carbocycles. The van der Waals surface area contributed by atoms with Crippen molar-refractivity contribution in [2.75, 3.05) is 0 Å². The van der Waals surface area contributed by atoms with Crippen LogP contribution in [0.25, 0.3) is 0 Å². The van der Waals surface area contributed by atoms with Gasteiger partial charge in [-0.1, -0.05) is 48.6 Å². The van der Waals surface area contributed by atoms with Crippen molar-refractivity contribution in [3.05, 3.63) is 66.7 Å². The SMILES string of the molecule is F[Si](F)(c1ccccc1N=Nc1ccccc1)C1C=CCCC1. The van der Waals surface area contributed by atoms with Crippen molar-refractivity contribution >= 4 is 25.3 Å². The summed E-state index contributed by atoms with van der Waals surface area (Å²) in [5, 5.41) is 8.26. The van der Waals surface area contributed by atoms with Crippen LogP contribution in [0, 0.1) is 0 Å². The number of nitrogens with zero attached hydrogens (tertiary/aromatic N) is 2. The van der Waals surface area contributed by atoms with E-state index in [4.69, 9.17) is 0 Å². The zero-order chi connectivity index (χ0) is 16.1. The van der Waals surface area contributed by atoms with Crippen molar-refractivity contribution in [2.24, 2.45) is 10.2 Å². The third-order valence-corrected chi connectivity index (χ3v) is 6.57. The fourth-order valence-corrected chi connectivity index (χ4v) is 4.90. The van der Waals surface area contributed by atoms with Crippen molar-refractivity contribution < 1.29 is 8.22 Å². The van der Waals surface area contributed by atoms with Crippen LogP contribution in [0.4, 0.5) is 19.6 Å². The van der Waals surface area contributed by atoms with E-state index in [1.165, 1.54) is 6.07 Å². The lowest BCUT2D eigenvalue weighted by Crippen LogP contribution is -2.43. The van der Waals surface area contributed by atoms with Crippen molar-refractivity contribution in [1.29, 1.82) is 0 Å². The second-order valence-corrected chi connectivity index (χ2v) is 8.17. The molecule has 3 rings (SSSR count). The lowest BCUT2D eigenvalue weighted by molar-refractivity contribution is 0.564. The minimum atomic E-state index is -4.60. The smallest absolute Gasteiger partial charge is 0.264 e. The third-order valence-electron chi connectivity index (χ3n) is 4.01. The molecule has 0 aliphatic heterocycles. The van der Waals surface area contributed by atoms with Crippen LogP contribution in [0.15, 0.2) is 77.0 Å². The van der Waals surface area contributed by atoms with E-state index >= 15 is 8.22 Å². The summed E-state index contributed by atoms with van der Waals surface area (Å²) in [4.78, 5) is 0. The van der Waals surface area contributed by atoms with Crippen LogP contribution >= 0.6 is 0 Å². The van der Waals surface area contributed by atoms with Crippen LogP contribution in [0.2, 0.25) is 5.54 Å². The van der Waals surface area contributed by atoms with Gasteiger partial charge in [0.05, 0.1) is 11.4 Å². The van der Waals surface area contributed by atoms with Gasteiger partial charge in [0, 0.05) is 10.7 Å². The van der Waals surface area contributed by atoms with Gasteiger partial charge in [-0.05, 0) is 37.5 Å². The maximum absolute atomic E-state index is 15.0. The van der Waals surface area contributed by atoms with E-state index in [-0.39, 0.29) is 10.9 Å². The van der Waals surface area contributed by atoms with Crippen molar-refractivity contribution in [1.82, 2.24) is 0 Å². The maximum Gasteiger partial charge on any atom is 0.464 e. The Kier molecular flexibility index (Phi) is 4.76. The number of rotatable bonds is 4. The summed E-state index contributed by atoms with van der Waals surface area (Å²) in [7, 11) is -4.60. The van der Waals surface area contributed by atoms with Gasteiger partial charge in [-0.25, -0.2) is 0 Å². The van der Waals surface area contributed by atoms with E-state index in [9.17, 15) is 0 Å². The molecule has 0 fully saturated rings. The predicted octanol–water partition coefficient (Wildman–Crippen LogP) is 5.80. The molecule has 0 saturated heterocycles. The Morgan fingerprint density at radius 1 is 0.913 bits per heavy atom. The molecule has 0 N–H and O–H groups in total. The summed E-state index contributed by atoms with van der Waals surface area (Å²) in [5.74, 6) is 0. The van der Waals surface area contributed by atoms with Gasteiger partial charge in [-0.2, -0.15) is 10.2 Å². The first-order chi connectivity index (χ1) is 11.2. The largest absolute Gasteiger partial charge is 0.464 e. The van der Waals surface area contributed by atoms with E-state index in [2.05, 4.69) is 10.2 Å². The highest BCUT2D eigenvalue weighted by atomic mass is 28.4. The monoisotopic (exact) mass is 328 g/mol. The van der Waals surface area contributed by atoms with Crippen LogP contribution in [-0.2, 0) is 0 Å². The summed E-state index contributed by atoms with van der Waals surface area (Å²) in [6.07, 6.45) is 5.86. The topological polar surface area (TPSA) is 24.7 Å². The first kappa shape index (κ1) is 15.7. The normalized spacial score (nSPS) is 18.4. The van der Waals surface area contributed by atoms with Gasteiger partial charge in [-0.3, -0.25) is 8.22 Å². The molecule has 0 bridgehead atoms. The second-order valence-electron chi connectivity index (χ2n) is 5.64. The zero-order valence-corrected chi connectivity index (χ0v) is 13.7. The average Bonchev–Trinajstić information content (AvgIpc) is 2.62. The number of hydrogen-bond donors (Lipinski definition) is 0. The summed E-state index contributed by atoms with van der Waals surface area (Å²) in [6.45, 7) is 0. The average molecular weight is 328 g/mol. The standard InChI is InChI=1S/C18H18F2N2Si/c19-23(20,16-11-5-2-6-12-16)18-14-8-7-13-17(18)22-21-15-9-3-1-4-10-15/h1,3-5,7-11,13-14,16H,2,6,12H2. The quantitative estimate of drug-likeness (QED) is 0.293. The summed E-state index contributed by atoms with van der Waals surface area (Å²) < 4.78 is 30.0. The van der Waals surface area contributed by atoms with Crippen LogP contribution < -0.4 is 5.19 Å². The Balaban J connectivity index is 1.92. The molecule has 2 aromatic carbocycles. The van der Waals surface area contributed by atoms with Crippen molar-refractivity contribution in [3.63, 3.8) is 0 Å². The minimum Gasteiger partial charge on any atom is -0.264 e. The first-order valence-corrected chi connectivity index (χ1v) is 9.62. The molecular weight excluding hydrogens is 310 g/mol. The Hall–Kier alpha value is -2.14. The number of benzene rings is 2. The number of azo groups is 1. The molecule has 0 aromatic heterocycles. The Labute approximate surface area is 135 Å². The van der Waals surface area contributed by atoms with Gasteiger partial charge >= 0.3 is 8.74 Å². The number of allylic oxidation sites excluding steroid dienone is 2. The van der Waals surface area contributed by atoms with E-state index in [0.29, 0.717) is 12.1 Å². The maximum atomic E-state index is 15.0. The fraction of sp³-hybridized carbons (Fsp3) is 0.222. The summed E-state index contributed by atoms with van der Waals surface area (Å²) >= 11 is 0. The zero-order valence-electron chi connectivity index (χ0n) is 12.7. The van der Waals surface area contributed by atoms with E-state index in [1.807, 2.05) is 24.3 Å². The molecule has 23 heavy (non-hydrogen) atoms. The molecule has 1 atom stereocenters. The number of hydrogen-bond acceptors (Lipinski definition) is 2. The van der Waals surface area contributed by atoms with E-state index in [0.717, 1.165) is 12.8 Å². The first-order valence-electron chi connectivity index (χ1n) is 7.79. The Morgan fingerprint density at radius 2 is 1.65 bits per heavy atom. The lowest BCUT2D eigenvalue weighted by Gasteiger charge is -2.24. The molecule has 0 heterocycles. The van der Waals surface area contributed by atoms with Gasteiger partial charge in [0.1, 0.15) is 0 Å². The fourth-order valence-electron chi connectivity index (χ4n) is 2.76. The molecule has 1 aliphatic rings. The molecule has 118 valence electrons. The van der Waals surface area contributed by atoms with E-state index in [1.54, 1.807) is 36.4 Å². The summed E-state index contributed by atoms with van der Waals surface area (Å²) in [5.41, 5.74) is 0.307. The Morgan fingerprint density at radius 3 is 2.39 bits per heavy atom. The molecule has 0 amide bonds. The van der Waals surface area contributed by atoms with Gasteiger partial charge in [0.15, 0.2) is 0 Å². The van der Waals surface area contributed by atoms with Gasteiger partial charge in [0.2, 0.25) is 0 Å². The van der Waals surface area contributed by atoms with Crippen LogP contribution in [-0.4, -0.2) is 8.74 Å². The predicted molar refractivity (Wildman–Crippen MR) is 91.4 cm³/mol.